The summed E-state index contributed by atoms with van der Waals surface area (Å²) in [5.74, 6) is 0.750. The zero-order chi connectivity index (χ0) is 14.9. The molecule has 2 rings (SSSR count). The third kappa shape index (κ3) is 3.30. The molecule has 5 nitrogen and oxygen atoms in total. The van der Waals surface area contributed by atoms with Crippen molar-refractivity contribution in [3.8, 4) is 0 Å². The molecule has 6 heteroatoms. The van der Waals surface area contributed by atoms with E-state index in [1.54, 1.807) is 6.20 Å². The van der Waals surface area contributed by atoms with Crippen LogP contribution in [0.5, 0.6) is 0 Å². The van der Waals surface area contributed by atoms with Gasteiger partial charge in [-0.05, 0) is 35.8 Å². The van der Waals surface area contributed by atoms with Crippen LogP contribution < -0.4 is 10.2 Å². The molecule has 2 atom stereocenters. The van der Waals surface area contributed by atoms with Gasteiger partial charge in [0.25, 0.3) is 5.91 Å². The lowest BCUT2D eigenvalue weighted by Gasteiger charge is -2.36. The summed E-state index contributed by atoms with van der Waals surface area (Å²) >= 11 is 3.40. The molecule has 0 saturated carbocycles. The van der Waals surface area contributed by atoms with Crippen molar-refractivity contribution < 1.29 is 4.79 Å². The van der Waals surface area contributed by atoms with Crippen molar-refractivity contribution in [2.24, 2.45) is 0 Å². The van der Waals surface area contributed by atoms with Crippen molar-refractivity contribution in [1.29, 1.82) is 0 Å². The minimum Gasteiger partial charge on any atom is -0.362 e. The second-order valence-corrected chi connectivity index (χ2v) is 6.51. The normalized spacial score (nSPS) is 22.8. The molecule has 0 aromatic carbocycles. The second kappa shape index (κ2) is 6.10. The van der Waals surface area contributed by atoms with Gasteiger partial charge >= 0.3 is 0 Å². The zero-order valence-corrected chi connectivity index (χ0v) is 13.9. The minimum atomic E-state index is 0.0442. The molecule has 0 radical (unpaired) electrons. The molecular formula is C14H21BrN4O. The first-order valence-electron chi connectivity index (χ1n) is 6.76. The van der Waals surface area contributed by atoms with Crippen LogP contribution >= 0.6 is 15.9 Å². The maximum absolute atomic E-state index is 12.8. The van der Waals surface area contributed by atoms with Crippen LogP contribution in [0.2, 0.25) is 0 Å². The molecule has 1 aliphatic rings. The van der Waals surface area contributed by atoms with Gasteiger partial charge in [-0.25, -0.2) is 4.98 Å². The fourth-order valence-corrected chi connectivity index (χ4v) is 2.94. The molecule has 0 unspecified atom stereocenters. The Balaban J connectivity index is 2.30. The number of halogens is 1. The molecule has 20 heavy (non-hydrogen) atoms. The Bertz CT molecular complexity index is 496. The van der Waals surface area contributed by atoms with Gasteiger partial charge in [0.15, 0.2) is 0 Å². The van der Waals surface area contributed by atoms with Gasteiger partial charge in [-0.1, -0.05) is 0 Å². The fraction of sp³-hybridized carbons (Fsp3) is 0.571. The number of anilines is 1. The lowest BCUT2D eigenvalue weighted by molar-refractivity contribution is 0.0674. The summed E-state index contributed by atoms with van der Waals surface area (Å²) in [6.07, 6.45) is 1.72. The molecule has 110 valence electrons. The fourth-order valence-electron chi connectivity index (χ4n) is 2.61. The summed E-state index contributed by atoms with van der Waals surface area (Å²) < 4.78 is 0.822. The smallest absolute Gasteiger partial charge is 0.257 e. The van der Waals surface area contributed by atoms with Gasteiger partial charge < -0.3 is 15.1 Å². The highest BCUT2D eigenvalue weighted by Crippen LogP contribution is 2.22. The van der Waals surface area contributed by atoms with Crippen molar-refractivity contribution in [2.75, 3.05) is 32.1 Å². The van der Waals surface area contributed by atoms with Crippen LogP contribution in [0.15, 0.2) is 16.7 Å². The van der Waals surface area contributed by atoms with Crippen LogP contribution in [-0.4, -0.2) is 55.1 Å². The molecule has 1 fully saturated rings. The average Bonchev–Trinajstić information content (AvgIpc) is 2.36. The third-order valence-electron chi connectivity index (χ3n) is 3.33. The minimum absolute atomic E-state index is 0.0442. The van der Waals surface area contributed by atoms with Crippen molar-refractivity contribution in [1.82, 2.24) is 15.2 Å². The number of carbonyl (C=O) groups is 1. The summed E-state index contributed by atoms with van der Waals surface area (Å²) in [5.41, 5.74) is 0.644. The maximum Gasteiger partial charge on any atom is 0.257 e. The first-order valence-corrected chi connectivity index (χ1v) is 7.56. The SMILES string of the molecule is C[C@H]1CN(C(=O)c2cc(Br)cnc2N(C)C)C[C@H](C)N1. The number of piperazine rings is 1. The molecule has 1 aromatic heterocycles. The van der Waals surface area contributed by atoms with Gasteiger partial charge in [0.2, 0.25) is 0 Å². The van der Waals surface area contributed by atoms with E-state index in [9.17, 15) is 4.79 Å². The first kappa shape index (κ1) is 15.3. The number of rotatable bonds is 2. The zero-order valence-electron chi connectivity index (χ0n) is 12.4. The van der Waals surface area contributed by atoms with E-state index in [1.165, 1.54) is 0 Å². The predicted molar refractivity (Wildman–Crippen MR) is 84.2 cm³/mol. The Morgan fingerprint density at radius 1 is 1.40 bits per heavy atom. The van der Waals surface area contributed by atoms with Crippen LogP contribution in [0.3, 0.4) is 0 Å². The molecule has 1 amide bonds. The Morgan fingerprint density at radius 3 is 2.55 bits per heavy atom. The predicted octanol–water partition coefficient (Wildman–Crippen LogP) is 1.73. The van der Waals surface area contributed by atoms with Crippen LogP contribution in [0.1, 0.15) is 24.2 Å². The molecule has 1 aromatic rings. The van der Waals surface area contributed by atoms with Gasteiger partial charge in [-0.15, -0.1) is 0 Å². The van der Waals surface area contributed by atoms with E-state index < -0.39 is 0 Å². The highest BCUT2D eigenvalue weighted by atomic mass is 79.9. The second-order valence-electron chi connectivity index (χ2n) is 5.60. The van der Waals surface area contributed by atoms with Crippen LogP contribution in [-0.2, 0) is 0 Å². The van der Waals surface area contributed by atoms with Crippen molar-refractivity contribution in [2.45, 2.75) is 25.9 Å². The Hall–Kier alpha value is -1.14. The largest absolute Gasteiger partial charge is 0.362 e. The Labute approximate surface area is 128 Å². The summed E-state index contributed by atoms with van der Waals surface area (Å²) in [5, 5.41) is 3.44. The van der Waals surface area contributed by atoms with Gasteiger partial charge in [0, 0.05) is 49.9 Å². The van der Waals surface area contributed by atoms with E-state index in [2.05, 4.69) is 40.1 Å². The van der Waals surface area contributed by atoms with E-state index in [-0.39, 0.29) is 5.91 Å². The monoisotopic (exact) mass is 340 g/mol. The van der Waals surface area contributed by atoms with Crippen LogP contribution in [0.4, 0.5) is 5.82 Å². The average molecular weight is 341 g/mol. The first-order chi connectivity index (χ1) is 9.38. The lowest BCUT2D eigenvalue weighted by Crippen LogP contribution is -2.55. The van der Waals surface area contributed by atoms with E-state index in [1.807, 2.05) is 30.0 Å². The number of hydrogen-bond acceptors (Lipinski definition) is 4. The van der Waals surface area contributed by atoms with Crippen LogP contribution in [0.25, 0.3) is 0 Å². The molecule has 1 aliphatic heterocycles. The summed E-state index contributed by atoms with van der Waals surface area (Å²) in [6, 6.07) is 2.47. The molecule has 1 saturated heterocycles. The van der Waals surface area contributed by atoms with E-state index in [0.717, 1.165) is 17.6 Å². The van der Waals surface area contributed by atoms with Crippen molar-refractivity contribution >= 4 is 27.7 Å². The summed E-state index contributed by atoms with van der Waals surface area (Å²) in [7, 11) is 3.80. The van der Waals surface area contributed by atoms with E-state index in [4.69, 9.17) is 0 Å². The van der Waals surface area contributed by atoms with Gasteiger partial charge in [-0.2, -0.15) is 0 Å². The summed E-state index contributed by atoms with van der Waals surface area (Å²) in [6.45, 7) is 5.65. The number of amides is 1. The van der Waals surface area contributed by atoms with Crippen molar-refractivity contribution in [3.05, 3.63) is 22.3 Å². The summed E-state index contributed by atoms with van der Waals surface area (Å²) in [4.78, 5) is 20.9. The molecule has 0 bridgehead atoms. The maximum atomic E-state index is 12.8. The number of aromatic nitrogens is 1. The Morgan fingerprint density at radius 2 is 2.00 bits per heavy atom. The topological polar surface area (TPSA) is 48.5 Å². The number of nitrogens with one attached hydrogen (secondary N) is 1. The van der Waals surface area contributed by atoms with Gasteiger partial charge in [0.1, 0.15) is 5.82 Å². The molecule has 1 N–H and O–H groups in total. The molecule has 2 heterocycles. The Kier molecular flexibility index (Phi) is 4.65. The number of hydrogen-bond donors (Lipinski definition) is 1. The molecule has 0 aliphatic carbocycles. The number of pyridine rings is 1. The van der Waals surface area contributed by atoms with Gasteiger partial charge in [0.05, 0.1) is 5.56 Å². The molecular weight excluding hydrogens is 320 g/mol. The quantitative estimate of drug-likeness (QED) is 0.890. The number of nitrogens with zero attached hydrogens (tertiary/aromatic N) is 3. The van der Waals surface area contributed by atoms with E-state index >= 15 is 0 Å². The molecule has 0 spiro atoms. The lowest BCUT2D eigenvalue weighted by atomic mass is 10.1. The van der Waals surface area contributed by atoms with Crippen molar-refractivity contribution in [3.63, 3.8) is 0 Å². The van der Waals surface area contributed by atoms with Crippen LogP contribution in [0, 0.1) is 0 Å². The van der Waals surface area contributed by atoms with E-state index in [0.29, 0.717) is 23.5 Å². The standard InChI is InChI=1S/C14H21BrN4O/c1-9-7-19(8-10(2)17-9)14(20)12-5-11(15)6-16-13(12)18(3)4/h5-6,9-10,17H,7-8H2,1-4H3/t9-,10-/m0/s1. The van der Waals surface area contributed by atoms with Gasteiger partial charge in [-0.3, -0.25) is 4.79 Å². The number of carbonyl (C=O) groups excluding carboxylic acids is 1. The highest BCUT2D eigenvalue weighted by Gasteiger charge is 2.27. The third-order valence-corrected chi connectivity index (χ3v) is 3.77. The highest BCUT2D eigenvalue weighted by molar-refractivity contribution is 9.10.